The molecular weight excluding hydrogens is 309 g/mol. The van der Waals surface area contributed by atoms with Gasteiger partial charge < -0.3 is 10.4 Å². The van der Waals surface area contributed by atoms with Gasteiger partial charge in [-0.1, -0.05) is 19.1 Å². The zero-order valence-electron chi connectivity index (χ0n) is 10.5. The fraction of sp³-hybridized carbons (Fsp3) is 0.200. The van der Waals surface area contributed by atoms with Crippen molar-refractivity contribution in [1.29, 1.82) is 0 Å². The van der Waals surface area contributed by atoms with E-state index in [-0.39, 0.29) is 17.6 Å². The van der Waals surface area contributed by atoms with E-state index < -0.39 is 0 Å². The highest BCUT2D eigenvalue weighted by Gasteiger charge is 2.10. The molecular formula is C15H15BrFNO. The fourth-order valence-electron chi connectivity index (χ4n) is 1.91. The largest absolute Gasteiger partial charge is 0.508 e. The van der Waals surface area contributed by atoms with Crippen LogP contribution in [0.3, 0.4) is 0 Å². The summed E-state index contributed by atoms with van der Waals surface area (Å²) < 4.78 is 13.6. The van der Waals surface area contributed by atoms with Crippen molar-refractivity contribution in [2.75, 3.05) is 5.32 Å². The van der Waals surface area contributed by atoms with Gasteiger partial charge in [-0.15, -0.1) is 0 Å². The maximum absolute atomic E-state index is 13.2. The minimum atomic E-state index is -0.275. The lowest BCUT2D eigenvalue weighted by atomic mass is 10.0. The maximum Gasteiger partial charge on any atom is 0.137 e. The zero-order valence-corrected chi connectivity index (χ0v) is 12.1. The van der Waals surface area contributed by atoms with Crippen LogP contribution >= 0.6 is 15.9 Å². The number of hydrogen-bond acceptors (Lipinski definition) is 2. The van der Waals surface area contributed by atoms with Gasteiger partial charge in [-0.25, -0.2) is 4.39 Å². The van der Waals surface area contributed by atoms with Gasteiger partial charge in [0.05, 0.1) is 10.5 Å². The molecule has 1 unspecified atom stereocenters. The van der Waals surface area contributed by atoms with Gasteiger partial charge in [0, 0.05) is 5.69 Å². The van der Waals surface area contributed by atoms with Crippen molar-refractivity contribution in [2.45, 2.75) is 19.4 Å². The highest BCUT2D eigenvalue weighted by molar-refractivity contribution is 9.10. The first-order valence-electron chi connectivity index (χ1n) is 6.10. The van der Waals surface area contributed by atoms with Gasteiger partial charge in [0.2, 0.25) is 0 Å². The van der Waals surface area contributed by atoms with E-state index in [9.17, 15) is 9.50 Å². The van der Waals surface area contributed by atoms with Crippen LogP contribution in [0.5, 0.6) is 5.75 Å². The van der Waals surface area contributed by atoms with Crippen LogP contribution < -0.4 is 5.32 Å². The van der Waals surface area contributed by atoms with E-state index in [0.717, 1.165) is 17.7 Å². The van der Waals surface area contributed by atoms with Crippen molar-refractivity contribution in [2.24, 2.45) is 0 Å². The van der Waals surface area contributed by atoms with Gasteiger partial charge in [0.15, 0.2) is 0 Å². The average Bonchev–Trinajstić information content (AvgIpc) is 2.41. The van der Waals surface area contributed by atoms with Crippen molar-refractivity contribution in [3.05, 3.63) is 58.3 Å². The van der Waals surface area contributed by atoms with Crippen LogP contribution in [0.15, 0.2) is 46.9 Å². The van der Waals surface area contributed by atoms with E-state index in [4.69, 9.17) is 0 Å². The number of halogens is 2. The molecule has 0 saturated heterocycles. The summed E-state index contributed by atoms with van der Waals surface area (Å²) in [6.07, 6.45) is 0.889. The third-order valence-corrected chi connectivity index (χ3v) is 3.57. The molecule has 100 valence electrons. The van der Waals surface area contributed by atoms with E-state index >= 15 is 0 Å². The monoisotopic (exact) mass is 323 g/mol. The van der Waals surface area contributed by atoms with Gasteiger partial charge in [0.25, 0.3) is 0 Å². The Hall–Kier alpha value is -1.55. The average molecular weight is 324 g/mol. The summed E-state index contributed by atoms with van der Waals surface area (Å²) in [4.78, 5) is 0. The number of phenols is 1. The van der Waals surface area contributed by atoms with Crippen LogP contribution in [0.2, 0.25) is 0 Å². The summed E-state index contributed by atoms with van der Waals surface area (Å²) in [5, 5.41) is 12.7. The molecule has 0 aliphatic rings. The van der Waals surface area contributed by atoms with Crippen LogP contribution in [0, 0.1) is 5.82 Å². The number of nitrogens with one attached hydrogen (secondary N) is 1. The predicted octanol–water partition coefficient (Wildman–Crippen LogP) is 4.86. The van der Waals surface area contributed by atoms with Gasteiger partial charge in [0.1, 0.15) is 11.6 Å². The van der Waals surface area contributed by atoms with Crippen LogP contribution in [0.1, 0.15) is 24.9 Å². The molecule has 1 atom stereocenters. The first kappa shape index (κ1) is 13.9. The Morgan fingerprint density at radius 2 is 1.89 bits per heavy atom. The Morgan fingerprint density at radius 1 is 1.21 bits per heavy atom. The highest BCUT2D eigenvalue weighted by atomic mass is 79.9. The molecule has 0 bridgehead atoms. The molecule has 0 aliphatic heterocycles. The molecule has 2 N–H and O–H groups in total. The Labute approximate surface area is 120 Å². The van der Waals surface area contributed by atoms with Crippen molar-refractivity contribution < 1.29 is 9.50 Å². The molecule has 0 heterocycles. The summed E-state index contributed by atoms with van der Waals surface area (Å²) in [6, 6.07) is 12.1. The topological polar surface area (TPSA) is 32.3 Å². The van der Waals surface area contributed by atoms with E-state index in [2.05, 4.69) is 28.2 Å². The molecule has 2 aromatic carbocycles. The van der Waals surface area contributed by atoms with E-state index in [1.165, 1.54) is 6.07 Å². The predicted molar refractivity (Wildman–Crippen MR) is 78.9 cm³/mol. The Kier molecular flexibility index (Phi) is 4.43. The van der Waals surface area contributed by atoms with Crippen LogP contribution in [-0.2, 0) is 0 Å². The molecule has 0 amide bonds. The lowest BCUT2D eigenvalue weighted by Crippen LogP contribution is -2.09. The van der Waals surface area contributed by atoms with Crippen LogP contribution in [0.4, 0.5) is 10.1 Å². The lowest BCUT2D eigenvalue weighted by Gasteiger charge is -2.19. The quantitative estimate of drug-likeness (QED) is 0.842. The van der Waals surface area contributed by atoms with Gasteiger partial charge in [-0.05, 0) is 58.2 Å². The number of anilines is 1. The molecule has 0 fully saturated rings. The number of benzene rings is 2. The van der Waals surface area contributed by atoms with Crippen LogP contribution in [0.25, 0.3) is 0 Å². The number of hydrogen-bond donors (Lipinski definition) is 2. The number of rotatable bonds is 4. The summed E-state index contributed by atoms with van der Waals surface area (Å²) in [5.41, 5.74) is 1.94. The second kappa shape index (κ2) is 6.06. The van der Waals surface area contributed by atoms with E-state index in [1.807, 2.05) is 12.1 Å². The zero-order chi connectivity index (χ0) is 13.8. The maximum atomic E-state index is 13.2. The summed E-state index contributed by atoms with van der Waals surface area (Å²) in [7, 11) is 0. The third kappa shape index (κ3) is 3.47. The molecule has 2 rings (SSSR count). The lowest BCUT2D eigenvalue weighted by molar-refractivity contribution is 0.475. The highest BCUT2D eigenvalue weighted by Crippen LogP contribution is 2.26. The first-order chi connectivity index (χ1) is 9.10. The first-order valence-corrected chi connectivity index (χ1v) is 6.90. The van der Waals surface area contributed by atoms with Gasteiger partial charge >= 0.3 is 0 Å². The van der Waals surface area contributed by atoms with Crippen molar-refractivity contribution in [1.82, 2.24) is 0 Å². The molecule has 2 aromatic rings. The Balaban J connectivity index is 2.18. The Morgan fingerprint density at radius 3 is 2.47 bits per heavy atom. The van der Waals surface area contributed by atoms with Crippen molar-refractivity contribution >= 4 is 21.6 Å². The molecule has 0 aliphatic carbocycles. The second-order valence-corrected chi connectivity index (χ2v) is 5.18. The molecule has 4 heteroatoms. The second-order valence-electron chi connectivity index (χ2n) is 4.33. The van der Waals surface area contributed by atoms with Crippen molar-refractivity contribution in [3.8, 4) is 5.75 Å². The van der Waals surface area contributed by atoms with Gasteiger partial charge in [-0.2, -0.15) is 0 Å². The molecule has 0 spiro atoms. The molecule has 0 saturated carbocycles. The molecule has 0 aromatic heterocycles. The van der Waals surface area contributed by atoms with Crippen molar-refractivity contribution in [3.63, 3.8) is 0 Å². The number of aromatic hydroxyl groups is 1. The Bertz CT molecular complexity index is 557. The standard InChI is InChI=1S/C15H15BrFNO/c1-2-15(10-3-6-12(19)7-4-10)18-11-5-8-14(17)13(16)9-11/h3-9,15,18-19H,2H2,1H3. The fourth-order valence-corrected chi connectivity index (χ4v) is 2.29. The summed E-state index contributed by atoms with van der Waals surface area (Å²) in [6.45, 7) is 2.07. The third-order valence-electron chi connectivity index (χ3n) is 2.96. The minimum absolute atomic E-state index is 0.123. The normalized spacial score (nSPS) is 12.2. The molecule has 2 nitrogen and oxygen atoms in total. The van der Waals surface area contributed by atoms with Gasteiger partial charge in [-0.3, -0.25) is 0 Å². The van der Waals surface area contributed by atoms with E-state index in [1.54, 1.807) is 24.3 Å². The summed E-state index contributed by atoms with van der Waals surface area (Å²) in [5.74, 6) is -0.0219. The minimum Gasteiger partial charge on any atom is -0.508 e. The number of phenolic OH excluding ortho intramolecular Hbond substituents is 1. The SMILES string of the molecule is CCC(Nc1ccc(F)c(Br)c1)c1ccc(O)cc1. The molecule has 19 heavy (non-hydrogen) atoms. The smallest absolute Gasteiger partial charge is 0.137 e. The van der Waals surface area contributed by atoms with E-state index in [0.29, 0.717) is 4.47 Å². The summed E-state index contributed by atoms with van der Waals surface area (Å²) >= 11 is 3.18. The molecule has 0 radical (unpaired) electrons. The van der Waals surface area contributed by atoms with Crippen LogP contribution in [-0.4, -0.2) is 5.11 Å².